The lowest BCUT2D eigenvalue weighted by Crippen LogP contribution is -2.47. The number of pyridine rings is 1. The summed E-state index contributed by atoms with van der Waals surface area (Å²) in [4.78, 5) is 4.18. The van der Waals surface area contributed by atoms with Crippen molar-refractivity contribution in [2.75, 3.05) is 7.11 Å². The highest BCUT2D eigenvalue weighted by Gasteiger charge is 2.36. The van der Waals surface area contributed by atoms with Gasteiger partial charge in [-0.15, -0.1) is 0 Å². The quantitative estimate of drug-likeness (QED) is 0.794. The van der Waals surface area contributed by atoms with Crippen LogP contribution in [0.15, 0.2) is 12.3 Å². The highest BCUT2D eigenvalue weighted by Crippen LogP contribution is 2.33. The zero-order valence-corrected chi connectivity index (χ0v) is 13.6. The molecule has 5 heteroatoms. The molecular weight excluding hydrogens is 260 g/mol. The van der Waals surface area contributed by atoms with Crippen LogP contribution in [-0.2, 0) is 4.65 Å². The molecule has 0 aromatic carbocycles. The molecule has 0 unspecified atom stereocenters. The van der Waals surface area contributed by atoms with E-state index in [1.165, 1.54) is 0 Å². The van der Waals surface area contributed by atoms with Crippen molar-refractivity contribution in [3.8, 4) is 5.88 Å². The third-order valence-corrected chi connectivity index (χ3v) is 4.11. The van der Waals surface area contributed by atoms with Gasteiger partial charge in [0.1, 0.15) is 0 Å². The highest BCUT2D eigenvalue weighted by molar-refractivity contribution is 6.69. The Labute approximate surface area is 121 Å². The third kappa shape index (κ3) is 3.86. The Kier molecular flexibility index (Phi) is 4.91. The summed E-state index contributed by atoms with van der Waals surface area (Å²) in [7, 11) is 1.57. The molecule has 1 heterocycles. The average Bonchev–Trinajstić information content (AvgIpc) is 2.26. The number of halogens is 1. The van der Waals surface area contributed by atoms with E-state index in [4.69, 9.17) is 21.0 Å². The summed E-state index contributed by atoms with van der Waals surface area (Å²) in [6, 6.07) is 1.71. The van der Waals surface area contributed by atoms with Gasteiger partial charge in [-0.05, 0) is 24.7 Å². The highest BCUT2D eigenvalue weighted by atomic mass is 35.5. The van der Waals surface area contributed by atoms with Crippen molar-refractivity contribution in [2.45, 2.75) is 47.0 Å². The molecule has 0 aliphatic carbocycles. The van der Waals surface area contributed by atoms with E-state index in [1.54, 1.807) is 19.4 Å². The molecule has 3 nitrogen and oxygen atoms in total. The first-order valence-corrected chi connectivity index (χ1v) is 6.83. The van der Waals surface area contributed by atoms with Crippen molar-refractivity contribution in [3.05, 3.63) is 17.3 Å². The first-order valence-electron chi connectivity index (χ1n) is 6.46. The van der Waals surface area contributed by atoms with E-state index in [-0.39, 0.29) is 17.9 Å². The number of aromatic nitrogens is 1. The predicted octanol–water partition coefficient (Wildman–Crippen LogP) is 3.41. The van der Waals surface area contributed by atoms with Crippen LogP contribution >= 0.6 is 11.6 Å². The molecule has 1 rings (SSSR count). The number of hydrogen-bond donors (Lipinski definition) is 0. The summed E-state index contributed by atoms with van der Waals surface area (Å²) >= 11 is 6.25. The lowest BCUT2D eigenvalue weighted by atomic mass is 9.62. The largest absolute Gasteiger partial charge is 0.481 e. The van der Waals surface area contributed by atoms with Gasteiger partial charge in [0.15, 0.2) is 0 Å². The smallest absolute Gasteiger partial charge is 0.327 e. The Morgan fingerprint density at radius 3 is 2.21 bits per heavy atom. The van der Waals surface area contributed by atoms with E-state index >= 15 is 0 Å². The fourth-order valence-electron chi connectivity index (χ4n) is 1.52. The van der Waals surface area contributed by atoms with E-state index in [2.05, 4.69) is 39.6 Å². The van der Waals surface area contributed by atoms with Crippen LogP contribution in [0.5, 0.6) is 5.88 Å². The number of methoxy groups -OCH3 is 1. The Morgan fingerprint density at radius 1 is 1.21 bits per heavy atom. The molecule has 0 saturated carbocycles. The molecule has 1 aromatic heterocycles. The molecule has 0 aliphatic heterocycles. The Balaban J connectivity index is 2.93. The van der Waals surface area contributed by atoms with Gasteiger partial charge < -0.3 is 9.39 Å². The molecular formula is C14H23BClNO2. The van der Waals surface area contributed by atoms with Crippen molar-refractivity contribution in [3.63, 3.8) is 0 Å². The summed E-state index contributed by atoms with van der Waals surface area (Å²) in [5.41, 5.74) is 0.642. The van der Waals surface area contributed by atoms with E-state index < -0.39 is 0 Å². The molecule has 0 aliphatic rings. The van der Waals surface area contributed by atoms with Gasteiger partial charge in [0.05, 0.1) is 12.7 Å². The van der Waals surface area contributed by atoms with Crippen molar-refractivity contribution in [2.24, 2.45) is 5.41 Å². The molecule has 1 aromatic rings. The van der Waals surface area contributed by atoms with Gasteiger partial charge in [-0.1, -0.05) is 39.2 Å². The maximum atomic E-state index is 6.25. The molecule has 0 bridgehead atoms. The van der Waals surface area contributed by atoms with Gasteiger partial charge in [-0.2, -0.15) is 0 Å². The monoisotopic (exact) mass is 283 g/mol. The van der Waals surface area contributed by atoms with Crippen molar-refractivity contribution in [1.82, 2.24) is 4.98 Å². The zero-order valence-electron chi connectivity index (χ0n) is 12.9. The topological polar surface area (TPSA) is 31.4 Å². The van der Waals surface area contributed by atoms with Crippen molar-refractivity contribution >= 4 is 24.0 Å². The van der Waals surface area contributed by atoms with Crippen LogP contribution in [0, 0.1) is 5.41 Å². The lowest BCUT2D eigenvalue weighted by molar-refractivity contribution is 0.000444. The minimum absolute atomic E-state index is 0.0354. The van der Waals surface area contributed by atoms with Gasteiger partial charge in [0.25, 0.3) is 0 Å². The second-order valence-corrected chi connectivity index (χ2v) is 6.68. The van der Waals surface area contributed by atoms with E-state index in [0.717, 1.165) is 5.46 Å². The Hall–Kier alpha value is -0.735. The summed E-state index contributed by atoms with van der Waals surface area (Å²) in [6.45, 7) is 12.5. The molecule has 106 valence electrons. The molecule has 0 fully saturated rings. The molecule has 0 amide bonds. The molecule has 0 radical (unpaired) electrons. The van der Waals surface area contributed by atoms with Crippen LogP contribution in [0.3, 0.4) is 0 Å². The van der Waals surface area contributed by atoms with Crippen LogP contribution < -0.4 is 10.2 Å². The first kappa shape index (κ1) is 16.3. The fourth-order valence-corrected chi connectivity index (χ4v) is 1.81. The molecule has 19 heavy (non-hydrogen) atoms. The number of rotatable bonds is 4. The summed E-state index contributed by atoms with van der Waals surface area (Å²) in [6.07, 6.45) is 1.71. The maximum absolute atomic E-state index is 6.25. The summed E-state index contributed by atoms with van der Waals surface area (Å²) in [5, 5.41) is 0.615. The third-order valence-electron chi connectivity index (χ3n) is 3.78. The maximum Gasteiger partial charge on any atom is 0.327 e. The average molecular weight is 284 g/mol. The van der Waals surface area contributed by atoms with Crippen LogP contribution in [0.25, 0.3) is 0 Å². The normalized spacial score (nSPS) is 12.4. The van der Waals surface area contributed by atoms with Crippen LogP contribution in [0.2, 0.25) is 11.8 Å². The van der Waals surface area contributed by atoms with Gasteiger partial charge in [-0.25, -0.2) is 4.98 Å². The minimum Gasteiger partial charge on any atom is -0.481 e. The van der Waals surface area contributed by atoms with Gasteiger partial charge in [0.2, 0.25) is 5.88 Å². The predicted molar refractivity (Wildman–Crippen MR) is 81.7 cm³/mol. The standard InChI is InChI=1S/C14H23BClNO2/c1-13(2,3)14(4,5)19-15(6)10-9-17-12(18-7)8-11(10)16/h8-9H,1-7H3. The molecule has 0 spiro atoms. The van der Waals surface area contributed by atoms with Gasteiger partial charge >= 0.3 is 6.92 Å². The van der Waals surface area contributed by atoms with Crippen LogP contribution in [0.1, 0.15) is 34.6 Å². The second-order valence-electron chi connectivity index (χ2n) is 6.27. The van der Waals surface area contributed by atoms with Gasteiger partial charge in [0, 0.05) is 17.3 Å². The molecule has 0 atom stereocenters. The summed E-state index contributed by atoms with van der Waals surface area (Å²) in [5.74, 6) is 0.510. The van der Waals surface area contributed by atoms with E-state index in [1.807, 2.05) is 6.82 Å². The lowest BCUT2D eigenvalue weighted by Gasteiger charge is -2.40. The summed E-state index contributed by atoms with van der Waals surface area (Å²) < 4.78 is 11.2. The number of ether oxygens (including phenoxy) is 1. The van der Waals surface area contributed by atoms with Gasteiger partial charge in [-0.3, -0.25) is 0 Å². The SMILES string of the molecule is COc1cc(Cl)c(B(C)OC(C)(C)C(C)(C)C)cn1. The zero-order chi connectivity index (χ0) is 14.8. The molecule has 0 saturated heterocycles. The van der Waals surface area contributed by atoms with E-state index in [0.29, 0.717) is 10.9 Å². The number of hydrogen-bond acceptors (Lipinski definition) is 3. The number of nitrogens with zero attached hydrogens (tertiary/aromatic N) is 1. The van der Waals surface area contributed by atoms with Crippen LogP contribution in [-0.4, -0.2) is 24.6 Å². The van der Waals surface area contributed by atoms with Crippen LogP contribution in [0.4, 0.5) is 0 Å². The first-order chi connectivity index (χ1) is 8.58. The van der Waals surface area contributed by atoms with Crippen molar-refractivity contribution in [1.29, 1.82) is 0 Å². The fraction of sp³-hybridized carbons (Fsp3) is 0.643. The van der Waals surface area contributed by atoms with E-state index in [9.17, 15) is 0 Å². The van der Waals surface area contributed by atoms with Crippen molar-refractivity contribution < 1.29 is 9.39 Å². The second kappa shape index (κ2) is 5.72. The Bertz CT molecular complexity index is 444. The Morgan fingerprint density at radius 2 is 1.79 bits per heavy atom. The minimum atomic E-state index is -0.268. The molecule has 0 N–H and O–H groups in total.